The first-order valence-electron chi connectivity index (χ1n) is 7.11. The van der Waals surface area contributed by atoms with Crippen LogP contribution < -0.4 is 10.4 Å². The standard InChI is InChI=1S/C15H22BrN5O2/c1-14(2,3)9-21(20-13(22)23-15(4,5)6)12-10(16)8-18-11(7-17)19-12/h8H,9H2,1-6H3,(H,20,22). The molecule has 7 nitrogen and oxygen atoms in total. The third-order valence-corrected chi connectivity index (χ3v) is 2.90. The van der Waals surface area contributed by atoms with Crippen LogP contribution in [-0.2, 0) is 4.74 Å². The summed E-state index contributed by atoms with van der Waals surface area (Å²) in [5.74, 6) is 0.422. The molecule has 0 aromatic carbocycles. The Morgan fingerprint density at radius 3 is 2.48 bits per heavy atom. The lowest BCUT2D eigenvalue weighted by molar-refractivity contribution is 0.0516. The number of aromatic nitrogens is 2. The summed E-state index contributed by atoms with van der Waals surface area (Å²) in [7, 11) is 0. The number of carbonyl (C=O) groups excluding carboxylic acids is 1. The summed E-state index contributed by atoms with van der Waals surface area (Å²) < 4.78 is 5.85. The van der Waals surface area contributed by atoms with Gasteiger partial charge in [0.2, 0.25) is 5.82 Å². The van der Waals surface area contributed by atoms with Gasteiger partial charge in [-0.2, -0.15) is 10.2 Å². The Kier molecular flexibility index (Phi) is 5.94. The highest BCUT2D eigenvalue weighted by atomic mass is 79.9. The van der Waals surface area contributed by atoms with Gasteiger partial charge in [-0.1, -0.05) is 20.8 Å². The first-order chi connectivity index (χ1) is 10.4. The Balaban J connectivity index is 3.11. The summed E-state index contributed by atoms with van der Waals surface area (Å²) in [6.07, 6.45) is 0.888. The quantitative estimate of drug-likeness (QED) is 0.804. The molecule has 1 heterocycles. The van der Waals surface area contributed by atoms with Gasteiger partial charge in [-0.25, -0.2) is 15.2 Å². The summed E-state index contributed by atoms with van der Waals surface area (Å²) in [6.45, 7) is 11.9. The molecule has 0 spiro atoms. The zero-order chi connectivity index (χ0) is 17.8. The van der Waals surface area contributed by atoms with Crippen LogP contribution in [0.25, 0.3) is 0 Å². The predicted molar refractivity (Wildman–Crippen MR) is 90.6 cm³/mol. The number of nitrogens with one attached hydrogen (secondary N) is 1. The number of hydrogen-bond acceptors (Lipinski definition) is 6. The first kappa shape index (κ1) is 19.2. The number of nitriles is 1. The molecule has 0 radical (unpaired) electrons. The van der Waals surface area contributed by atoms with E-state index >= 15 is 0 Å². The lowest BCUT2D eigenvalue weighted by Crippen LogP contribution is -2.49. The number of rotatable bonds is 3. The van der Waals surface area contributed by atoms with E-state index in [1.807, 2.05) is 26.8 Å². The second-order valence-corrected chi connectivity index (χ2v) is 8.09. The van der Waals surface area contributed by atoms with Gasteiger partial charge in [0, 0.05) is 12.7 Å². The molecule has 0 aliphatic carbocycles. The molecule has 1 aromatic rings. The van der Waals surface area contributed by atoms with Gasteiger partial charge < -0.3 is 4.74 Å². The van der Waals surface area contributed by atoms with Crippen molar-refractivity contribution in [2.75, 3.05) is 11.6 Å². The lowest BCUT2D eigenvalue weighted by atomic mass is 9.97. The molecule has 0 atom stereocenters. The second-order valence-electron chi connectivity index (χ2n) is 7.24. The minimum atomic E-state index is -0.613. The average molecular weight is 384 g/mol. The Bertz CT molecular complexity index is 614. The van der Waals surface area contributed by atoms with E-state index in [2.05, 4.69) is 31.3 Å². The van der Waals surface area contributed by atoms with E-state index in [-0.39, 0.29) is 11.2 Å². The minimum Gasteiger partial charge on any atom is -0.443 e. The topological polar surface area (TPSA) is 91.1 Å². The van der Waals surface area contributed by atoms with Crippen LogP contribution in [0.1, 0.15) is 47.4 Å². The summed E-state index contributed by atoms with van der Waals surface area (Å²) in [4.78, 5) is 20.1. The molecule has 0 saturated carbocycles. The Morgan fingerprint density at radius 1 is 1.39 bits per heavy atom. The molecule has 1 aromatic heterocycles. The zero-order valence-electron chi connectivity index (χ0n) is 14.3. The second kappa shape index (κ2) is 7.13. The van der Waals surface area contributed by atoms with Crippen LogP contribution in [-0.4, -0.2) is 28.2 Å². The monoisotopic (exact) mass is 383 g/mol. The zero-order valence-corrected chi connectivity index (χ0v) is 15.9. The number of carbonyl (C=O) groups is 1. The van der Waals surface area contributed by atoms with Crippen molar-refractivity contribution in [2.24, 2.45) is 5.41 Å². The third kappa shape index (κ3) is 6.82. The highest BCUT2D eigenvalue weighted by molar-refractivity contribution is 9.10. The fourth-order valence-corrected chi connectivity index (χ4v) is 2.06. The number of hydrazine groups is 1. The van der Waals surface area contributed by atoms with Gasteiger partial charge in [-0.15, -0.1) is 0 Å². The third-order valence-electron chi connectivity index (χ3n) is 2.34. The van der Waals surface area contributed by atoms with Crippen LogP contribution in [0.5, 0.6) is 0 Å². The Labute approximate surface area is 145 Å². The van der Waals surface area contributed by atoms with Gasteiger partial charge in [-0.05, 0) is 42.1 Å². The highest BCUT2D eigenvalue weighted by Crippen LogP contribution is 2.25. The van der Waals surface area contributed by atoms with Crippen molar-refractivity contribution in [2.45, 2.75) is 47.1 Å². The summed E-state index contributed by atoms with van der Waals surface area (Å²) >= 11 is 3.35. The van der Waals surface area contributed by atoms with Gasteiger partial charge in [-0.3, -0.25) is 5.01 Å². The molecule has 0 bridgehead atoms. The number of anilines is 1. The van der Waals surface area contributed by atoms with E-state index in [1.165, 1.54) is 6.20 Å². The summed E-state index contributed by atoms with van der Waals surface area (Å²) in [5, 5.41) is 10.5. The van der Waals surface area contributed by atoms with E-state index in [0.29, 0.717) is 16.8 Å². The van der Waals surface area contributed by atoms with Crippen molar-refractivity contribution in [1.82, 2.24) is 15.4 Å². The van der Waals surface area contributed by atoms with Gasteiger partial charge >= 0.3 is 6.09 Å². The Hall–Kier alpha value is -1.88. The van der Waals surface area contributed by atoms with Crippen LogP contribution in [0.4, 0.5) is 10.6 Å². The number of nitrogens with zero attached hydrogens (tertiary/aromatic N) is 4. The molecule has 0 aliphatic rings. The van der Waals surface area contributed by atoms with E-state index in [4.69, 9.17) is 10.00 Å². The largest absolute Gasteiger partial charge is 0.443 e. The van der Waals surface area contributed by atoms with Crippen molar-refractivity contribution in [3.8, 4) is 6.07 Å². The smallest absolute Gasteiger partial charge is 0.426 e. The van der Waals surface area contributed by atoms with Crippen LogP contribution in [0, 0.1) is 16.7 Å². The number of ether oxygens (including phenoxy) is 1. The number of amides is 1. The van der Waals surface area contributed by atoms with Crippen LogP contribution >= 0.6 is 15.9 Å². The molecule has 0 saturated heterocycles. The fraction of sp³-hybridized carbons (Fsp3) is 0.600. The number of hydrogen-bond donors (Lipinski definition) is 1. The summed E-state index contributed by atoms with van der Waals surface area (Å²) in [5.41, 5.74) is 1.94. The molecule has 1 rings (SSSR count). The molecular weight excluding hydrogens is 362 g/mol. The van der Waals surface area contributed by atoms with Crippen LogP contribution in [0.15, 0.2) is 10.7 Å². The van der Waals surface area contributed by atoms with Crippen molar-refractivity contribution in [3.63, 3.8) is 0 Å². The predicted octanol–water partition coefficient (Wildman–Crippen LogP) is 3.40. The Morgan fingerprint density at radius 2 is 2.00 bits per heavy atom. The van der Waals surface area contributed by atoms with Crippen molar-refractivity contribution in [1.29, 1.82) is 5.26 Å². The molecule has 8 heteroatoms. The van der Waals surface area contributed by atoms with Gasteiger partial charge in [0.05, 0.1) is 4.47 Å². The molecule has 0 aliphatic heterocycles. The lowest BCUT2D eigenvalue weighted by Gasteiger charge is -2.32. The van der Waals surface area contributed by atoms with Crippen LogP contribution in [0.2, 0.25) is 0 Å². The van der Waals surface area contributed by atoms with E-state index in [0.717, 1.165) is 0 Å². The van der Waals surface area contributed by atoms with Gasteiger partial charge in [0.25, 0.3) is 0 Å². The fourth-order valence-electron chi connectivity index (χ4n) is 1.65. The summed E-state index contributed by atoms with van der Waals surface area (Å²) in [6, 6.07) is 1.89. The minimum absolute atomic E-state index is 0.0214. The highest BCUT2D eigenvalue weighted by Gasteiger charge is 2.24. The van der Waals surface area contributed by atoms with Gasteiger partial charge in [0.1, 0.15) is 11.7 Å². The molecule has 1 amide bonds. The first-order valence-corrected chi connectivity index (χ1v) is 7.90. The van der Waals surface area contributed by atoms with E-state index in [9.17, 15) is 4.79 Å². The van der Waals surface area contributed by atoms with E-state index in [1.54, 1.807) is 25.8 Å². The maximum atomic E-state index is 12.1. The van der Waals surface area contributed by atoms with Gasteiger partial charge in [0.15, 0.2) is 5.82 Å². The average Bonchev–Trinajstić information content (AvgIpc) is 2.34. The maximum absolute atomic E-state index is 12.1. The molecule has 126 valence electrons. The molecule has 23 heavy (non-hydrogen) atoms. The van der Waals surface area contributed by atoms with Crippen LogP contribution in [0.3, 0.4) is 0 Å². The number of halogens is 1. The van der Waals surface area contributed by atoms with Crippen molar-refractivity contribution in [3.05, 3.63) is 16.5 Å². The molecular formula is C15H22BrN5O2. The maximum Gasteiger partial charge on any atom is 0.426 e. The van der Waals surface area contributed by atoms with Crippen molar-refractivity contribution < 1.29 is 9.53 Å². The molecule has 0 unspecified atom stereocenters. The SMILES string of the molecule is CC(C)(C)CN(NC(=O)OC(C)(C)C)c1nc(C#N)ncc1Br. The van der Waals surface area contributed by atoms with Crippen molar-refractivity contribution >= 4 is 27.8 Å². The molecule has 0 fully saturated rings. The molecule has 1 N–H and O–H groups in total. The normalized spacial score (nSPS) is 11.6. The van der Waals surface area contributed by atoms with E-state index < -0.39 is 11.7 Å².